The first-order valence-corrected chi connectivity index (χ1v) is 6.26. The van der Waals surface area contributed by atoms with E-state index in [0.717, 1.165) is 10.5 Å². The zero-order chi connectivity index (χ0) is 13.1. The highest BCUT2D eigenvalue weighted by atomic mass is 79.9. The molecule has 1 N–H and O–H groups in total. The van der Waals surface area contributed by atoms with Crippen LogP contribution in [0.3, 0.4) is 0 Å². The van der Waals surface area contributed by atoms with Gasteiger partial charge in [0.05, 0.1) is 11.3 Å². The van der Waals surface area contributed by atoms with Crippen molar-refractivity contribution >= 4 is 39.1 Å². The third kappa shape index (κ3) is 2.89. The minimum Gasteiger partial charge on any atom is -0.321 e. The Morgan fingerprint density at radius 2 is 1.94 bits per heavy atom. The summed E-state index contributed by atoms with van der Waals surface area (Å²) in [5, 5.41) is 2.87. The van der Waals surface area contributed by atoms with Gasteiger partial charge in [0, 0.05) is 9.50 Å². The number of nitrogens with one attached hydrogen (secondary N) is 1. The summed E-state index contributed by atoms with van der Waals surface area (Å²) < 4.78 is 14.3. The first-order chi connectivity index (χ1) is 8.58. The van der Waals surface area contributed by atoms with Gasteiger partial charge in [-0.15, -0.1) is 0 Å². The molecule has 2 nitrogen and oxygen atoms in total. The molecule has 0 aromatic heterocycles. The van der Waals surface area contributed by atoms with Crippen molar-refractivity contribution in [1.82, 2.24) is 0 Å². The molecule has 1 amide bonds. The number of benzene rings is 2. The van der Waals surface area contributed by atoms with Gasteiger partial charge in [-0.05, 0) is 46.3 Å². The van der Waals surface area contributed by atoms with Crippen LogP contribution in [0.15, 0.2) is 46.9 Å². The lowest BCUT2D eigenvalue weighted by Gasteiger charge is -2.07. The van der Waals surface area contributed by atoms with Crippen molar-refractivity contribution in [3.63, 3.8) is 0 Å². The highest BCUT2D eigenvalue weighted by Crippen LogP contribution is 2.22. The number of halogens is 3. The number of hydrogen-bond donors (Lipinski definition) is 1. The standard InChI is InChI=1S/C13H8BrClFNO/c14-10-3-1-2-4-12(10)17-13(18)9-6-5-8(15)7-11(9)16/h1-7H,(H,17,18). The Bertz CT molecular complexity index is 603. The highest BCUT2D eigenvalue weighted by molar-refractivity contribution is 9.10. The molecule has 2 aromatic rings. The molecule has 0 spiro atoms. The number of carbonyl (C=O) groups excluding carboxylic acids is 1. The smallest absolute Gasteiger partial charge is 0.258 e. The summed E-state index contributed by atoms with van der Waals surface area (Å²) >= 11 is 8.93. The van der Waals surface area contributed by atoms with Crippen LogP contribution in [0, 0.1) is 5.82 Å². The topological polar surface area (TPSA) is 29.1 Å². The molecule has 18 heavy (non-hydrogen) atoms. The molecule has 0 fully saturated rings. The van der Waals surface area contributed by atoms with E-state index in [1.165, 1.54) is 12.1 Å². The summed E-state index contributed by atoms with van der Waals surface area (Å²) in [5.41, 5.74) is 0.534. The Balaban J connectivity index is 2.25. The van der Waals surface area contributed by atoms with Crippen LogP contribution >= 0.6 is 27.5 Å². The summed E-state index contributed by atoms with van der Waals surface area (Å²) in [5.74, 6) is -1.16. The van der Waals surface area contributed by atoms with Gasteiger partial charge in [-0.2, -0.15) is 0 Å². The van der Waals surface area contributed by atoms with Crippen LogP contribution in [0.4, 0.5) is 10.1 Å². The monoisotopic (exact) mass is 327 g/mol. The van der Waals surface area contributed by atoms with E-state index in [2.05, 4.69) is 21.2 Å². The van der Waals surface area contributed by atoms with Gasteiger partial charge in [0.2, 0.25) is 0 Å². The quantitative estimate of drug-likeness (QED) is 0.864. The number of hydrogen-bond acceptors (Lipinski definition) is 1. The minimum atomic E-state index is -0.646. The Hall–Kier alpha value is -1.39. The second-order valence-corrected chi connectivity index (χ2v) is 4.85. The second-order valence-electron chi connectivity index (χ2n) is 3.56. The molecular weight excluding hydrogens is 321 g/mol. The van der Waals surface area contributed by atoms with Crippen LogP contribution in [-0.2, 0) is 0 Å². The number of rotatable bonds is 2. The summed E-state index contributed by atoms with van der Waals surface area (Å²) in [6.45, 7) is 0. The fraction of sp³-hybridized carbons (Fsp3) is 0. The molecule has 0 radical (unpaired) electrons. The van der Waals surface area contributed by atoms with E-state index in [0.29, 0.717) is 5.69 Å². The molecule has 2 rings (SSSR count). The minimum absolute atomic E-state index is 0.0462. The molecule has 0 bridgehead atoms. The molecular formula is C13H8BrClFNO. The van der Waals surface area contributed by atoms with Crippen LogP contribution in [0.1, 0.15) is 10.4 Å². The molecule has 0 aliphatic heterocycles. The van der Waals surface area contributed by atoms with E-state index in [-0.39, 0.29) is 10.6 Å². The summed E-state index contributed by atoms with van der Waals surface area (Å²) in [7, 11) is 0. The fourth-order valence-corrected chi connectivity index (χ4v) is 1.97. The van der Waals surface area contributed by atoms with Crippen molar-refractivity contribution in [2.45, 2.75) is 0 Å². The van der Waals surface area contributed by atoms with Crippen molar-refractivity contribution in [1.29, 1.82) is 0 Å². The number of carbonyl (C=O) groups is 1. The van der Waals surface area contributed by atoms with Gasteiger partial charge in [-0.3, -0.25) is 4.79 Å². The second kappa shape index (κ2) is 5.50. The maximum Gasteiger partial charge on any atom is 0.258 e. The van der Waals surface area contributed by atoms with Gasteiger partial charge in [0.25, 0.3) is 5.91 Å². The van der Waals surface area contributed by atoms with Crippen LogP contribution in [0.5, 0.6) is 0 Å². The molecule has 5 heteroatoms. The Morgan fingerprint density at radius 3 is 2.61 bits per heavy atom. The largest absolute Gasteiger partial charge is 0.321 e. The van der Waals surface area contributed by atoms with E-state index in [1.807, 2.05) is 6.07 Å². The lowest BCUT2D eigenvalue weighted by atomic mass is 10.2. The van der Waals surface area contributed by atoms with Crippen molar-refractivity contribution in [2.24, 2.45) is 0 Å². The van der Waals surface area contributed by atoms with Gasteiger partial charge >= 0.3 is 0 Å². The molecule has 0 saturated heterocycles. The molecule has 0 aliphatic carbocycles. The average Bonchev–Trinajstić information content (AvgIpc) is 2.32. The first-order valence-electron chi connectivity index (χ1n) is 5.09. The molecule has 0 aliphatic rings. The first kappa shape index (κ1) is 13.1. The lowest BCUT2D eigenvalue weighted by Crippen LogP contribution is -2.14. The highest BCUT2D eigenvalue weighted by Gasteiger charge is 2.13. The van der Waals surface area contributed by atoms with Crippen LogP contribution in [0.25, 0.3) is 0 Å². The van der Waals surface area contributed by atoms with E-state index in [4.69, 9.17) is 11.6 Å². The molecule has 0 atom stereocenters. The molecule has 0 unspecified atom stereocenters. The van der Waals surface area contributed by atoms with Crippen LogP contribution in [0.2, 0.25) is 5.02 Å². The summed E-state index contributed by atoms with van der Waals surface area (Å²) in [4.78, 5) is 11.9. The number of anilines is 1. The Kier molecular flexibility index (Phi) is 3.99. The van der Waals surface area contributed by atoms with E-state index in [9.17, 15) is 9.18 Å². The van der Waals surface area contributed by atoms with Crippen molar-refractivity contribution in [3.8, 4) is 0 Å². The fourth-order valence-electron chi connectivity index (χ4n) is 1.43. The zero-order valence-corrected chi connectivity index (χ0v) is 11.4. The van der Waals surface area contributed by atoms with Crippen LogP contribution < -0.4 is 5.32 Å². The molecule has 92 valence electrons. The van der Waals surface area contributed by atoms with Gasteiger partial charge in [-0.1, -0.05) is 23.7 Å². The molecule has 0 saturated carbocycles. The van der Waals surface area contributed by atoms with E-state index < -0.39 is 11.7 Å². The van der Waals surface area contributed by atoms with Crippen molar-refractivity contribution < 1.29 is 9.18 Å². The third-order valence-electron chi connectivity index (χ3n) is 2.30. The van der Waals surface area contributed by atoms with Crippen molar-refractivity contribution in [3.05, 3.63) is 63.3 Å². The van der Waals surface area contributed by atoms with E-state index >= 15 is 0 Å². The normalized spacial score (nSPS) is 10.2. The number of amides is 1. The Morgan fingerprint density at radius 1 is 1.22 bits per heavy atom. The maximum atomic E-state index is 13.5. The SMILES string of the molecule is O=C(Nc1ccccc1Br)c1ccc(Cl)cc1F. The van der Waals surface area contributed by atoms with Gasteiger partial charge in [-0.25, -0.2) is 4.39 Å². The van der Waals surface area contributed by atoms with Gasteiger partial charge in [0.1, 0.15) is 5.82 Å². The summed E-state index contributed by atoms with van der Waals surface area (Å²) in [6.07, 6.45) is 0. The van der Waals surface area contributed by atoms with E-state index in [1.54, 1.807) is 18.2 Å². The lowest BCUT2D eigenvalue weighted by molar-refractivity contribution is 0.102. The van der Waals surface area contributed by atoms with Crippen molar-refractivity contribution in [2.75, 3.05) is 5.32 Å². The third-order valence-corrected chi connectivity index (χ3v) is 3.22. The molecule has 0 heterocycles. The average molecular weight is 329 g/mol. The van der Waals surface area contributed by atoms with Crippen LogP contribution in [-0.4, -0.2) is 5.91 Å². The number of para-hydroxylation sites is 1. The van der Waals surface area contributed by atoms with Gasteiger partial charge in [0.15, 0.2) is 0 Å². The Labute approximate surface area is 117 Å². The predicted octanol–water partition coefficient (Wildman–Crippen LogP) is 4.49. The molecule has 2 aromatic carbocycles. The van der Waals surface area contributed by atoms with Gasteiger partial charge < -0.3 is 5.32 Å². The zero-order valence-electron chi connectivity index (χ0n) is 9.08. The predicted molar refractivity (Wildman–Crippen MR) is 73.5 cm³/mol. The maximum absolute atomic E-state index is 13.5. The summed E-state index contributed by atoms with van der Waals surface area (Å²) in [6, 6.07) is 11.0.